The molecule has 21 heavy (non-hydrogen) atoms. The molecule has 0 saturated carbocycles. The summed E-state index contributed by atoms with van der Waals surface area (Å²) in [5.74, 6) is 0. The average molecular weight is 272 g/mol. The first kappa shape index (κ1) is 13.6. The van der Waals surface area contributed by atoms with Gasteiger partial charge in [-0.25, -0.2) is 0 Å². The van der Waals surface area contributed by atoms with Gasteiger partial charge < -0.3 is 0 Å². The molecule has 0 bridgehead atoms. The van der Waals surface area contributed by atoms with Crippen LogP contribution in [0.15, 0.2) is 54.6 Å². The van der Waals surface area contributed by atoms with E-state index in [9.17, 15) is 0 Å². The Morgan fingerprint density at radius 3 is 2.05 bits per heavy atom. The van der Waals surface area contributed by atoms with Gasteiger partial charge in [-0.1, -0.05) is 66.2 Å². The molecule has 0 amide bonds. The first-order valence-corrected chi connectivity index (χ1v) is 7.38. The highest BCUT2D eigenvalue weighted by Gasteiger charge is 2.00. The number of hydrogen-bond donors (Lipinski definition) is 0. The van der Waals surface area contributed by atoms with E-state index >= 15 is 0 Å². The van der Waals surface area contributed by atoms with Gasteiger partial charge in [-0.2, -0.15) is 0 Å². The van der Waals surface area contributed by atoms with Crippen LogP contribution in [0.25, 0.3) is 22.9 Å². The van der Waals surface area contributed by atoms with Gasteiger partial charge in [0.2, 0.25) is 0 Å². The molecule has 0 aromatic heterocycles. The predicted octanol–water partition coefficient (Wildman–Crippen LogP) is 5.94. The monoisotopic (exact) mass is 272 g/mol. The largest absolute Gasteiger partial charge is 0.0616 e. The summed E-state index contributed by atoms with van der Waals surface area (Å²) in [7, 11) is 0. The van der Waals surface area contributed by atoms with E-state index in [1.54, 1.807) is 0 Å². The van der Waals surface area contributed by atoms with Crippen molar-refractivity contribution >= 4 is 22.9 Å². The second-order valence-corrected chi connectivity index (χ2v) is 5.75. The molecule has 3 aromatic carbocycles. The topological polar surface area (TPSA) is 0 Å². The smallest absolute Gasteiger partial charge is 0.0178 e. The summed E-state index contributed by atoms with van der Waals surface area (Å²) in [6.45, 7) is 6.51. The summed E-state index contributed by atoms with van der Waals surface area (Å²) in [4.78, 5) is 0. The molecular formula is C21H20. The van der Waals surface area contributed by atoms with Gasteiger partial charge in [-0.05, 0) is 59.9 Å². The molecule has 3 rings (SSSR count). The molecule has 0 aliphatic rings. The Morgan fingerprint density at radius 2 is 1.33 bits per heavy atom. The first-order chi connectivity index (χ1) is 10.1. The number of hydrogen-bond acceptors (Lipinski definition) is 0. The molecule has 0 spiro atoms. The molecule has 0 aliphatic heterocycles. The van der Waals surface area contributed by atoms with E-state index in [-0.39, 0.29) is 0 Å². The first-order valence-electron chi connectivity index (χ1n) is 7.38. The molecule has 0 saturated heterocycles. The standard InChI is InChI=1S/C21H20/c1-15-12-16(2)21(17(3)13-15)11-9-18-8-10-19-6-4-5-7-20(19)14-18/h4-14H,1-3H3. The third-order valence-electron chi connectivity index (χ3n) is 3.95. The Kier molecular flexibility index (Phi) is 3.62. The zero-order valence-corrected chi connectivity index (χ0v) is 12.9. The van der Waals surface area contributed by atoms with Crippen LogP contribution < -0.4 is 0 Å². The van der Waals surface area contributed by atoms with Crippen molar-refractivity contribution in [1.29, 1.82) is 0 Å². The van der Waals surface area contributed by atoms with Gasteiger partial charge in [0.25, 0.3) is 0 Å². The van der Waals surface area contributed by atoms with Crippen molar-refractivity contribution in [2.45, 2.75) is 20.8 Å². The fourth-order valence-electron chi connectivity index (χ4n) is 2.95. The lowest BCUT2D eigenvalue weighted by Crippen LogP contribution is -1.88. The van der Waals surface area contributed by atoms with Crippen molar-refractivity contribution in [2.75, 3.05) is 0 Å². The van der Waals surface area contributed by atoms with Crippen molar-refractivity contribution in [2.24, 2.45) is 0 Å². The summed E-state index contributed by atoms with van der Waals surface area (Å²) < 4.78 is 0. The lowest BCUT2D eigenvalue weighted by molar-refractivity contribution is 1.30. The molecule has 0 radical (unpaired) electrons. The average Bonchev–Trinajstić information content (AvgIpc) is 2.46. The number of rotatable bonds is 2. The van der Waals surface area contributed by atoms with Gasteiger partial charge in [-0.3, -0.25) is 0 Å². The highest BCUT2D eigenvalue weighted by Crippen LogP contribution is 2.21. The Bertz CT molecular complexity index is 799. The third-order valence-corrected chi connectivity index (χ3v) is 3.95. The molecule has 0 aliphatic carbocycles. The van der Waals surface area contributed by atoms with Crippen LogP contribution in [0.5, 0.6) is 0 Å². The van der Waals surface area contributed by atoms with Crippen molar-refractivity contribution in [1.82, 2.24) is 0 Å². The van der Waals surface area contributed by atoms with Crippen LogP contribution in [0, 0.1) is 20.8 Å². The second-order valence-electron chi connectivity index (χ2n) is 5.75. The minimum absolute atomic E-state index is 1.24. The normalized spacial score (nSPS) is 11.4. The van der Waals surface area contributed by atoms with Gasteiger partial charge in [-0.15, -0.1) is 0 Å². The lowest BCUT2D eigenvalue weighted by Gasteiger charge is -2.07. The Labute approximate surface area is 126 Å². The second kappa shape index (κ2) is 5.57. The molecule has 0 fully saturated rings. The predicted molar refractivity (Wildman–Crippen MR) is 93.5 cm³/mol. The fourth-order valence-corrected chi connectivity index (χ4v) is 2.95. The molecule has 3 aromatic rings. The third kappa shape index (κ3) is 2.90. The van der Waals surface area contributed by atoms with E-state index in [1.807, 2.05) is 0 Å². The summed E-state index contributed by atoms with van der Waals surface area (Å²) in [6, 6.07) is 19.6. The van der Waals surface area contributed by atoms with Gasteiger partial charge in [0.05, 0.1) is 0 Å². The van der Waals surface area contributed by atoms with E-state index in [1.165, 1.54) is 38.6 Å². The fraction of sp³-hybridized carbons (Fsp3) is 0.143. The highest BCUT2D eigenvalue weighted by atomic mass is 14.1. The van der Waals surface area contributed by atoms with Gasteiger partial charge >= 0.3 is 0 Å². The van der Waals surface area contributed by atoms with Crippen LogP contribution >= 0.6 is 0 Å². The van der Waals surface area contributed by atoms with Crippen LogP contribution in [0.4, 0.5) is 0 Å². The van der Waals surface area contributed by atoms with Crippen molar-refractivity contribution in [3.63, 3.8) is 0 Å². The molecule has 0 atom stereocenters. The van der Waals surface area contributed by atoms with Crippen LogP contribution in [-0.4, -0.2) is 0 Å². The van der Waals surface area contributed by atoms with Crippen LogP contribution in [0.3, 0.4) is 0 Å². The Morgan fingerprint density at radius 1 is 0.667 bits per heavy atom. The minimum Gasteiger partial charge on any atom is -0.0616 e. The quantitative estimate of drug-likeness (QED) is 0.507. The minimum atomic E-state index is 1.24. The molecular weight excluding hydrogens is 252 g/mol. The maximum absolute atomic E-state index is 2.24. The summed E-state index contributed by atoms with van der Waals surface area (Å²) in [5, 5.41) is 2.58. The van der Waals surface area contributed by atoms with Crippen LogP contribution in [0.2, 0.25) is 0 Å². The molecule has 0 heterocycles. The van der Waals surface area contributed by atoms with Gasteiger partial charge in [0, 0.05) is 0 Å². The molecule has 0 heteroatoms. The summed E-state index contributed by atoms with van der Waals surface area (Å²) in [6.07, 6.45) is 4.44. The summed E-state index contributed by atoms with van der Waals surface area (Å²) >= 11 is 0. The van der Waals surface area contributed by atoms with E-state index < -0.39 is 0 Å². The zero-order valence-electron chi connectivity index (χ0n) is 12.9. The number of fused-ring (bicyclic) bond motifs is 1. The highest BCUT2D eigenvalue weighted by molar-refractivity contribution is 5.86. The van der Waals surface area contributed by atoms with Crippen molar-refractivity contribution in [3.8, 4) is 0 Å². The number of aryl methyl sites for hydroxylation is 3. The number of benzene rings is 3. The Balaban J connectivity index is 1.98. The lowest BCUT2D eigenvalue weighted by atomic mass is 9.98. The molecule has 0 unspecified atom stereocenters. The van der Waals surface area contributed by atoms with Crippen molar-refractivity contribution in [3.05, 3.63) is 82.4 Å². The Hall–Kier alpha value is -2.34. The van der Waals surface area contributed by atoms with E-state index in [0.29, 0.717) is 0 Å². The van der Waals surface area contributed by atoms with Crippen LogP contribution in [-0.2, 0) is 0 Å². The van der Waals surface area contributed by atoms with E-state index in [0.717, 1.165) is 0 Å². The maximum Gasteiger partial charge on any atom is -0.0178 e. The summed E-state index contributed by atoms with van der Waals surface area (Å²) in [5.41, 5.74) is 6.57. The van der Waals surface area contributed by atoms with E-state index in [2.05, 4.69) is 87.5 Å². The van der Waals surface area contributed by atoms with Gasteiger partial charge in [0.15, 0.2) is 0 Å². The maximum atomic E-state index is 2.24. The molecule has 104 valence electrons. The van der Waals surface area contributed by atoms with Crippen molar-refractivity contribution < 1.29 is 0 Å². The van der Waals surface area contributed by atoms with E-state index in [4.69, 9.17) is 0 Å². The molecule has 0 nitrogen and oxygen atoms in total. The van der Waals surface area contributed by atoms with Gasteiger partial charge in [0.1, 0.15) is 0 Å². The van der Waals surface area contributed by atoms with Crippen LogP contribution in [0.1, 0.15) is 27.8 Å². The zero-order chi connectivity index (χ0) is 14.8. The molecule has 0 N–H and O–H groups in total. The SMILES string of the molecule is Cc1cc(C)c(C=Cc2ccc3ccccc3c2)c(C)c1.